The maximum Gasteiger partial charge on any atom is 0.260 e. The van der Waals surface area contributed by atoms with Gasteiger partial charge in [0.05, 0.1) is 5.39 Å². The van der Waals surface area contributed by atoms with Crippen LogP contribution in [0.25, 0.3) is 10.2 Å². The molecule has 2 aliphatic carbocycles. The predicted octanol–water partition coefficient (Wildman–Crippen LogP) is 5.07. The van der Waals surface area contributed by atoms with E-state index in [9.17, 15) is 4.79 Å². The SMILES string of the molecule is CC1CCc2c(sc3nc(C4CC4)nc(N4CCN(C(=O)COc5ccc(Cl)cc5)CC4)c23)C1. The van der Waals surface area contributed by atoms with E-state index in [4.69, 9.17) is 26.3 Å². The molecule has 178 valence electrons. The van der Waals surface area contributed by atoms with Gasteiger partial charge in [-0.15, -0.1) is 11.3 Å². The number of halogens is 1. The van der Waals surface area contributed by atoms with E-state index in [0.717, 1.165) is 43.5 Å². The summed E-state index contributed by atoms with van der Waals surface area (Å²) in [6, 6.07) is 7.10. The number of rotatable bonds is 5. The van der Waals surface area contributed by atoms with Gasteiger partial charge in [-0.3, -0.25) is 4.79 Å². The standard InChI is InChI=1S/C26H29ClN4O2S/c1-16-2-9-20-21(14-16)34-26-23(20)25(28-24(29-26)17-3-4-17)31-12-10-30(11-13-31)22(32)15-33-19-7-5-18(27)6-8-19/h5-8,16-17H,2-4,9-15H2,1H3. The highest BCUT2D eigenvalue weighted by Crippen LogP contribution is 2.44. The lowest BCUT2D eigenvalue weighted by molar-refractivity contribution is -0.133. The first-order valence-electron chi connectivity index (χ1n) is 12.3. The predicted molar refractivity (Wildman–Crippen MR) is 136 cm³/mol. The summed E-state index contributed by atoms with van der Waals surface area (Å²) in [7, 11) is 0. The first-order valence-corrected chi connectivity index (χ1v) is 13.5. The summed E-state index contributed by atoms with van der Waals surface area (Å²) < 4.78 is 5.67. The number of carbonyl (C=O) groups excluding carboxylic acids is 1. The highest BCUT2D eigenvalue weighted by molar-refractivity contribution is 7.19. The van der Waals surface area contributed by atoms with Gasteiger partial charge in [0.15, 0.2) is 6.61 Å². The number of hydrogen-bond donors (Lipinski definition) is 0. The van der Waals surface area contributed by atoms with Crippen molar-refractivity contribution in [1.82, 2.24) is 14.9 Å². The average molecular weight is 497 g/mol. The molecule has 6 rings (SSSR count). The largest absolute Gasteiger partial charge is 0.484 e. The van der Waals surface area contributed by atoms with Crippen LogP contribution in [0.2, 0.25) is 5.02 Å². The van der Waals surface area contributed by atoms with Gasteiger partial charge in [0.25, 0.3) is 5.91 Å². The molecule has 2 fully saturated rings. The van der Waals surface area contributed by atoms with Gasteiger partial charge < -0.3 is 14.5 Å². The second-order valence-corrected chi connectivity index (χ2v) is 11.3. The third kappa shape index (κ3) is 4.36. The minimum atomic E-state index is 0.0167. The van der Waals surface area contributed by atoms with Crippen molar-refractivity contribution in [3.63, 3.8) is 0 Å². The normalized spacial score (nSPS) is 20.5. The minimum absolute atomic E-state index is 0.0167. The third-order valence-electron chi connectivity index (χ3n) is 7.20. The number of carbonyl (C=O) groups is 1. The molecule has 0 bridgehead atoms. The molecule has 1 aliphatic heterocycles. The summed E-state index contributed by atoms with van der Waals surface area (Å²) >= 11 is 7.81. The fourth-order valence-electron chi connectivity index (χ4n) is 5.03. The van der Waals surface area contributed by atoms with Crippen molar-refractivity contribution in [3.8, 4) is 5.75 Å². The van der Waals surface area contributed by atoms with Crippen LogP contribution >= 0.6 is 22.9 Å². The Morgan fingerprint density at radius 1 is 1.12 bits per heavy atom. The molecule has 1 unspecified atom stereocenters. The van der Waals surface area contributed by atoms with E-state index in [2.05, 4.69) is 11.8 Å². The Morgan fingerprint density at radius 3 is 2.62 bits per heavy atom. The van der Waals surface area contributed by atoms with E-state index in [1.54, 1.807) is 24.3 Å². The summed E-state index contributed by atoms with van der Waals surface area (Å²) in [6.45, 7) is 5.31. The molecule has 1 saturated carbocycles. The molecule has 1 atom stereocenters. The molecule has 0 radical (unpaired) electrons. The topological polar surface area (TPSA) is 58.6 Å². The van der Waals surface area contributed by atoms with Gasteiger partial charge in [0.2, 0.25) is 0 Å². The fraction of sp³-hybridized carbons (Fsp3) is 0.500. The molecular weight excluding hydrogens is 468 g/mol. The molecule has 3 aliphatic rings. The van der Waals surface area contributed by atoms with Crippen LogP contribution in [0.3, 0.4) is 0 Å². The van der Waals surface area contributed by atoms with Crippen LogP contribution in [0.15, 0.2) is 24.3 Å². The van der Waals surface area contributed by atoms with Crippen molar-refractivity contribution < 1.29 is 9.53 Å². The highest BCUT2D eigenvalue weighted by Gasteiger charge is 2.32. The number of benzene rings is 1. The molecule has 2 aromatic heterocycles. The van der Waals surface area contributed by atoms with Gasteiger partial charge in [-0.25, -0.2) is 9.97 Å². The second kappa shape index (κ2) is 9.00. The molecule has 6 nitrogen and oxygen atoms in total. The number of piperazine rings is 1. The van der Waals surface area contributed by atoms with Crippen molar-refractivity contribution in [2.24, 2.45) is 5.92 Å². The number of amides is 1. The molecule has 34 heavy (non-hydrogen) atoms. The van der Waals surface area contributed by atoms with E-state index < -0.39 is 0 Å². The maximum absolute atomic E-state index is 12.8. The van der Waals surface area contributed by atoms with Crippen LogP contribution in [0.4, 0.5) is 5.82 Å². The minimum Gasteiger partial charge on any atom is -0.484 e. The Balaban J connectivity index is 1.18. The molecule has 3 heterocycles. The Labute approximate surface area is 208 Å². The molecule has 1 aromatic carbocycles. The van der Waals surface area contributed by atoms with E-state index in [0.29, 0.717) is 29.8 Å². The van der Waals surface area contributed by atoms with Crippen molar-refractivity contribution in [1.29, 1.82) is 0 Å². The van der Waals surface area contributed by atoms with Crippen LogP contribution in [-0.2, 0) is 17.6 Å². The number of nitrogens with zero attached hydrogens (tertiary/aromatic N) is 4. The number of fused-ring (bicyclic) bond motifs is 3. The van der Waals surface area contributed by atoms with E-state index in [-0.39, 0.29) is 12.5 Å². The van der Waals surface area contributed by atoms with Gasteiger partial charge in [-0.2, -0.15) is 0 Å². The van der Waals surface area contributed by atoms with E-state index in [1.165, 1.54) is 39.9 Å². The molecule has 1 saturated heterocycles. The number of ether oxygens (including phenoxy) is 1. The van der Waals surface area contributed by atoms with Crippen molar-refractivity contribution in [2.45, 2.75) is 44.9 Å². The smallest absolute Gasteiger partial charge is 0.260 e. The van der Waals surface area contributed by atoms with Crippen molar-refractivity contribution in [3.05, 3.63) is 45.6 Å². The molecule has 0 N–H and O–H groups in total. The summed E-state index contributed by atoms with van der Waals surface area (Å²) in [6.07, 6.45) is 5.91. The monoisotopic (exact) mass is 496 g/mol. The first-order chi connectivity index (χ1) is 16.5. The molecule has 3 aromatic rings. The van der Waals surface area contributed by atoms with Gasteiger partial charge in [-0.05, 0) is 67.9 Å². The maximum atomic E-state index is 12.8. The molecule has 0 spiro atoms. The van der Waals surface area contributed by atoms with Crippen molar-refractivity contribution >= 4 is 44.9 Å². The number of aromatic nitrogens is 2. The number of aryl methyl sites for hydroxylation is 1. The molecule has 1 amide bonds. The van der Waals surface area contributed by atoms with E-state index in [1.807, 2.05) is 16.2 Å². The summed E-state index contributed by atoms with van der Waals surface area (Å²) in [5.74, 6) is 4.05. The lowest BCUT2D eigenvalue weighted by Crippen LogP contribution is -2.50. The molecular formula is C26H29ClN4O2S. The van der Waals surface area contributed by atoms with Gasteiger partial charge in [0.1, 0.15) is 22.2 Å². The summed E-state index contributed by atoms with van der Waals surface area (Å²) in [5.41, 5.74) is 1.48. The van der Waals surface area contributed by atoms with Crippen LogP contribution in [-0.4, -0.2) is 53.6 Å². The van der Waals surface area contributed by atoms with Crippen LogP contribution in [0.1, 0.15) is 48.4 Å². The Morgan fingerprint density at radius 2 is 1.88 bits per heavy atom. The average Bonchev–Trinajstić information content (AvgIpc) is 3.64. The third-order valence-corrected chi connectivity index (χ3v) is 8.60. The number of hydrogen-bond acceptors (Lipinski definition) is 6. The zero-order chi connectivity index (χ0) is 23.2. The van der Waals surface area contributed by atoms with Crippen LogP contribution < -0.4 is 9.64 Å². The Bertz CT molecular complexity index is 1220. The van der Waals surface area contributed by atoms with Crippen molar-refractivity contribution in [2.75, 3.05) is 37.7 Å². The summed E-state index contributed by atoms with van der Waals surface area (Å²) in [5, 5.41) is 1.93. The zero-order valence-electron chi connectivity index (χ0n) is 19.4. The van der Waals surface area contributed by atoms with Gasteiger partial charge >= 0.3 is 0 Å². The first kappa shape index (κ1) is 22.1. The highest BCUT2D eigenvalue weighted by atomic mass is 35.5. The van der Waals surface area contributed by atoms with Crippen LogP contribution in [0.5, 0.6) is 5.75 Å². The van der Waals surface area contributed by atoms with E-state index >= 15 is 0 Å². The quantitative estimate of drug-likeness (QED) is 0.493. The zero-order valence-corrected chi connectivity index (χ0v) is 21.0. The van der Waals surface area contributed by atoms with Gasteiger partial charge in [0, 0.05) is 42.0 Å². The number of thiophene rings is 1. The lowest BCUT2D eigenvalue weighted by atomic mass is 9.89. The Kier molecular flexibility index (Phi) is 5.86. The van der Waals surface area contributed by atoms with Gasteiger partial charge in [-0.1, -0.05) is 18.5 Å². The second-order valence-electron chi connectivity index (χ2n) is 9.82. The summed E-state index contributed by atoms with van der Waals surface area (Å²) in [4.78, 5) is 29.8. The fourth-order valence-corrected chi connectivity index (χ4v) is 6.54. The Hall–Kier alpha value is -2.38. The lowest BCUT2D eigenvalue weighted by Gasteiger charge is -2.36. The molecule has 8 heteroatoms. The number of anilines is 1. The van der Waals surface area contributed by atoms with Crippen LogP contribution in [0, 0.1) is 5.92 Å².